The van der Waals surface area contributed by atoms with Crippen LogP contribution >= 0.6 is 11.6 Å². The molecule has 1 amide bonds. The zero-order valence-electron chi connectivity index (χ0n) is 15.4. The first-order valence-electron chi connectivity index (χ1n) is 9.26. The average molecular weight is 417 g/mol. The number of fused-ring (bicyclic) bond motifs is 1. The number of halogens is 2. The summed E-state index contributed by atoms with van der Waals surface area (Å²) in [5, 5.41) is 0.178. The third-order valence-electron chi connectivity index (χ3n) is 4.99. The minimum atomic E-state index is -0.895. The molecule has 1 saturated heterocycles. The molecule has 8 heteroatoms. The average Bonchev–Trinajstić information content (AvgIpc) is 3.16. The summed E-state index contributed by atoms with van der Waals surface area (Å²) >= 11 is 5.67. The number of nitrogens with zero attached hydrogens (tertiary/aromatic N) is 2. The largest absolute Gasteiger partial charge is 0.452 e. The van der Waals surface area contributed by atoms with Crippen LogP contribution in [-0.2, 0) is 9.53 Å². The van der Waals surface area contributed by atoms with Gasteiger partial charge in [0.1, 0.15) is 11.3 Å². The van der Waals surface area contributed by atoms with Gasteiger partial charge < -0.3 is 14.1 Å². The van der Waals surface area contributed by atoms with E-state index in [2.05, 4.69) is 4.98 Å². The molecule has 0 radical (unpaired) electrons. The number of para-hydroxylation sites is 2. The molecule has 150 valence electrons. The van der Waals surface area contributed by atoms with E-state index < -0.39 is 18.4 Å². The van der Waals surface area contributed by atoms with E-state index in [9.17, 15) is 14.0 Å². The third kappa shape index (κ3) is 4.24. The number of amides is 1. The van der Waals surface area contributed by atoms with Gasteiger partial charge in [0, 0.05) is 24.0 Å². The Morgan fingerprint density at radius 1 is 1.21 bits per heavy atom. The van der Waals surface area contributed by atoms with Crippen LogP contribution in [0.1, 0.15) is 35.0 Å². The first-order valence-corrected chi connectivity index (χ1v) is 9.64. The number of oxazole rings is 1. The van der Waals surface area contributed by atoms with Crippen molar-refractivity contribution in [2.45, 2.75) is 18.8 Å². The molecule has 29 heavy (non-hydrogen) atoms. The van der Waals surface area contributed by atoms with Gasteiger partial charge in [0.2, 0.25) is 0 Å². The number of hydrogen-bond acceptors (Lipinski definition) is 5. The highest BCUT2D eigenvalue weighted by molar-refractivity contribution is 6.30. The van der Waals surface area contributed by atoms with Crippen molar-refractivity contribution in [3.63, 3.8) is 0 Å². The second kappa shape index (κ2) is 8.21. The molecule has 0 spiro atoms. The summed E-state index contributed by atoms with van der Waals surface area (Å²) in [6.45, 7) is 0.582. The van der Waals surface area contributed by atoms with E-state index >= 15 is 0 Å². The highest BCUT2D eigenvalue weighted by atomic mass is 35.5. The molecule has 0 bridgehead atoms. The van der Waals surface area contributed by atoms with Crippen molar-refractivity contribution < 1.29 is 23.1 Å². The van der Waals surface area contributed by atoms with Gasteiger partial charge in [-0.3, -0.25) is 4.79 Å². The summed E-state index contributed by atoms with van der Waals surface area (Å²) in [6, 6.07) is 11.2. The van der Waals surface area contributed by atoms with Crippen LogP contribution in [0, 0.1) is 5.82 Å². The van der Waals surface area contributed by atoms with Crippen LogP contribution in [0.15, 0.2) is 46.9 Å². The fraction of sp³-hybridized carbons (Fsp3) is 0.286. The standard InChI is InChI=1S/C21H18ClFN2O4/c22-14-5-6-15(16(23)11-14)21(27)28-12-19(26)25-9-7-13(8-10-25)20-24-17-3-1-2-4-18(17)29-20/h1-6,11,13H,7-10,12H2. The number of rotatable bonds is 4. The highest BCUT2D eigenvalue weighted by Crippen LogP contribution is 2.30. The summed E-state index contributed by atoms with van der Waals surface area (Å²) in [5.41, 5.74) is 1.32. The van der Waals surface area contributed by atoms with E-state index in [1.54, 1.807) is 4.90 Å². The fourth-order valence-corrected chi connectivity index (χ4v) is 3.55. The normalized spacial score (nSPS) is 14.9. The molecule has 0 atom stereocenters. The van der Waals surface area contributed by atoms with Crippen molar-refractivity contribution >= 4 is 34.6 Å². The van der Waals surface area contributed by atoms with Crippen molar-refractivity contribution in [1.82, 2.24) is 9.88 Å². The minimum Gasteiger partial charge on any atom is -0.452 e. The number of carbonyl (C=O) groups excluding carboxylic acids is 2. The quantitative estimate of drug-likeness (QED) is 0.596. The lowest BCUT2D eigenvalue weighted by atomic mass is 9.97. The van der Waals surface area contributed by atoms with Crippen LogP contribution in [0.2, 0.25) is 5.02 Å². The van der Waals surface area contributed by atoms with Crippen molar-refractivity contribution in [3.8, 4) is 0 Å². The van der Waals surface area contributed by atoms with Gasteiger partial charge in [-0.05, 0) is 43.2 Å². The SMILES string of the molecule is O=C(OCC(=O)N1CCC(c2nc3ccccc3o2)CC1)c1ccc(Cl)cc1F. The van der Waals surface area contributed by atoms with Crippen LogP contribution in [0.5, 0.6) is 0 Å². The van der Waals surface area contributed by atoms with Crippen LogP contribution in [0.25, 0.3) is 11.1 Å². The van der Waals surface area contributed by atoms with Gasteiger partial charge in [0.05, 0.1) is 5.56 Å². The number of aromatic nitrogens is 1. The molecule has 1 aromatic heterocycles. The van der Waals surface area contributed by atoms with Crippen LogP contribution in [-0.4, -0.2) is 41.5 Å². The fourth-order valence-electron chi connectivity index (χ4n) is 3.39. The smallest absolute Gasteiger partial charge is 0.341 e. The van der Waals surface area contributed by atoms with Crippen LogP contribution < -0.4 is 0 Å². The number of hydrogen-bond donors (Lipinski definition) is 0. The maximum atomic E-state index is 13.8. The maximum absolute atomic E-state index is 13.8. The Hall–Kier alpha value is -2.93. The first kappa shape index (κ1) is 19.4. The number of carbonyl (C=O) groups is 2. The molecule has 4 rings (SSSR count). The Balaban J connectivity index is 1.30. The molecule has 2 heterocycles. The lowest BCUT2D eigenvalue weighted by molar-refractivity contribution is -0.135. The van der Waals surface area contributed by atoms with E-state index in [1.165, 1.54) is 12.1 Å². The van der Waals surface area contributed by atoms with Gasteiger partial charge >= 0.3 is 5.97 Å². The maximum Gasteiger partial charge on any atom is 0.341 e. The van der Waals surface area contributed by atoms with Crippen molar-refractivity contribution in [2.75, 3.05) is 19.7 Å². The number of benzene rings is 2. The molecule has 2 aromatic carbocycles. The molecular formula is C21H18ClFN2O4. The Bertz CT molecular complexity index is 1030. The Labute approximate surface area is 171 Å². The van der Waals surface area contributed by atoms with E-state index in [4.69, 9.17) is 20.8 Å². The monoisotopic (exact) mass is 416 g/mol. The van der Waals surface area contributed by atoms with Gasteiger partial charge in [-0.25, -0.2) is 14.2 Å². The number of esters is 1. The van der Waals surface area contributed by atoms with Gasteiger partial charge in [-0.15, -0.1) is 0 Å². The number of likely N-dealkylation sites (tertiary alicyclic amines) is 1. The first-order chi connectivity index (χ1) is 14.0. The summed E-state index contributed by atoms with van der Waals surface area (Å²) < 4.78 is 24.6. The predicted molar refractivity (Wildman–Crippen MR) is 104 cm³/mol. The van der Waals surface area contributed by atoms with Crippen LogP contribution in [0.4, 0.5) is 4.39 Å². The van der Waals surface area contributed by atoms with Gasteiger partial charge in [-0.2, -0.15) is 0 Å². The lowest BCUT2D eigenvalue weighted by Crippen LogP contribution is -2.40. The topological polar surface area (TPSA) is 72.6 Å². The van der Waals surface area contributed by atoms with E-state index in [1.807, 2.05) is 24.3 Å². The van der Waals surface area contributed by atoms with E-state index in [0.29, 0.717) is 31.8 Å². The molecule has 0 N–H and O–H groups in total. The van der Waals surface area contributed by atoms with Crippen molar-refractivity contribution in [1.29, 1.82) is 0 Å². The molecule has 6 nitrogen and oxygen atoms in total. The van der Waals surface area contributed by atoms with E-state index in [0.717, 1.165) is 17.2 Å². The van der Waals surface area contributed by atoms with Crippen molar-refractivity contribution in [2.24, 2.45) is 0 Å². The number of piperidine rings is 1. The van der Waals surface area contributed by atoms with Crippen LogP contribution in [0.3, 0.4) is 0 Å². The molecule has 3 aromatic rings. The van der Waals surface area contributed by atoms with Gasteiger partial charge in [0.25, 0.3) is 5.91 Å². The van der Waals surface area contributed by atoms with Crippen molar-refractivity contribution in [3.05, 3.63) is 64.8 Å². The summed E-state index contributed by atoms with van der Waals surface area (Å²) in [7, 11) is 0. The summed E-state index contributed by atoms with van der Waals surface area (Å²) in [4.78, 5) is 30.5. The molecule has 1 fully saturated rings. The number of ether oxygens (including phenoxy) is 1. The Morgan fingerprint density at radius 2 is 1.97 bits per heavy atom. The van der Waals surface area contributed by atoms with Gasteiger partial charge in [-0.1, -0.05) is 23.7 Å². The highest BCUT2D eigenvalue weighted by Gasteiger charge is 2.27. The zero-order valence-corrected chi connectivity index (χ0v) is 16.2. The predicted octanol–water partition coefficient (Wildman–Crippen LogP) is 4.18. The summed E-state index contributed by atoms with van der Waals surface area (Å²) in [6.07, 6.45) is 1.41. The third-order valence-corrected chi connectivity index (χ3v) is 5.22. The minimum absolute atomic E-state index is 0.136. The lowest BCUT2D eigenvalue weighted by Gasteiger charge is -2.30. The Kier molecular flexibility index (Phi) is 5.49. The molecule has 0 saturated carbocycles. The molecule has 0 aliphatic carbocycles. The zero-order chi connectivity index (χ0) is 20.4. The molecular weight excluding hydrogens is 399 g/mol. The van der Waals surface area contributed by atoms with Gasteiger partial charge in [0.15, 0.2) is 18.1 Å². The molecule has 0 unspecified atom stereocenters. The summed E-state index contributed by atoms with van der Waals surface area (Å²) in [5.74, 6) is -1.17. The second-order valence-corrected chi connectivity index (χ2v) is 7.31. The molecule has 1 aliphatic heterocycles. The van der Waals surface area contributed by atoms with E-state index in [-0.39, 0.29) is 22.4 Å². The molecule has 1 aliphatic rings. The Morgan fingerprint density at radius 3 is 2.69 bits per heavy atom. The second-order valence-electron chi connectivity index (χ2n) is 6.88.